The van der Waals surface area contributed by atoms with Gasteiger partial charge in [0.2, 0.25) is 23.6 Å². The van der Waals surface area contributed by atoms with E-state index in [1.165, 1.54) is 24.0 Å². The quantitative estimate of drug-likeness (QED) is 0.412. The van der Waals surface area contributed by atoms with Gasteiger partial charge in [0.1, 0.15) is 6.04 Å². The zero-order chi connectivity index (χ0) is 25.5. The maximum absolute atomic E-state index is 13.1. The van der Waals surface area contributed by atoms with Gasteiger partial charge < -0.3 is 20.0 Å². The second kappa shape index (κ2) is 11.8. The molecule has 1 aromatic rings. The van der Waals surface area contributed by atoms with Gasteiger partial charge in [-0.2, -0.15) is 0 Å². The number of benzene rings is 1. The zero-order valence-electron chi connectivity index (χ0n) is 20.3. The lowest BCUT2D eigenvalue weighted by Crippen LogP contribution is -2.52. The number of nitro benzene ring substituents is 1. The molecule has 0 aliphatic carbocycles. The molecule has 2 saturated heterocycles. The number of unbranched alkanes of at least 4 members (excludes halogenated alkanes) is 1. The minimum atomic E-state index is -0.673. The van der Waals surface area contributed by atoms with Gasteiger partial charge in [-0.25, -0.2) is 0 Å². The Labute approximate surface area is 204 Å². The predicted molar refractivity (Wildman–Crippen MR) is 127 cm³/mol. The number of nitrogens with one attached hydrogen (secondary N) is 1. The van der Waals surface area contributed by atoms with Crippen molar-refractivity contribution < 1.29 is 24.1 Å². The van der Waals surface area contributed by atoms with Gasteiger partial charge in [-0.05, 0) is 12.0 Å². The summed E-state index contributed by atoms with van der Waals surface area (Å²) in [5, 5.41) is 13.7. The monoisotopic (exact) mass is 487 g/mol. The number of nitrogens with zero attached hydrogens (tertiary/aromatic N) is 4. The Balaban J connectivity index is 1.61. The lowest BCUT2D eigenvalue weighted by atomic mass is 10.1. The average Bonchev–Trinajstić information content (AvgIpc) is 3.24. The number of hydrogen-bond donors (Lipinski definition) is 1. The van der Waals surface area contributed by atoms with E-state index >= 15 is 0 Å². The second-order valence-corrected chi connectivity index (χ2v) is 9.08. The first-order valence-electron chi connectivity index (χ1n) is 12.1. The van der Waals surface area contributed by atoms with Crippen molar-refractivity contribution in [3.05, 3.63) is 39.9 Å². The van der Waals surface area contributed by atoms with Crippen molar-refractivity contribution >= 4 is 29.3 Å². The van der Waals surface area contributed by atoms with Crippen molar-refractivity contribution in [1.29, 1.82) is 0 Å². The summed E-state index contributed by atoms with van der Waals surface area (Å²) < 4.78 is 0. The highest BCUT2D eigenvalue weighted by Crippen LogP contribution is 2.25. The Kier molecular flexibility index (Phi) is 8.78. The molecule has 11 nitrogen and oxygen atoms in total. The van der Waals surface area contributed by atoms with Crippen LogP contribution < -0.4 is 5.32 Å². The van der Waals surface area contributed by atoms with E-state index in [9.17, 15) is 29.3 Å². The van der Waals surface area contributed by atoms with Gasteiger partial charge >= 0.3 is 0 Å². The van der Waals surface area contributed by atoms with Gasteiger partial charge in [-0.3, -0.25) is 29.3 Å². The molecule has 190 valence electrons. The number of hydrogen-bond acceptors (Lipinski definition) is 6. The Hall–Kier alpha value is -3.50. The van der Waals surface area contributed by atoms with Crippen LogP contribution in [0.25, 0.3) is 0 Å². The van der Waals surface area contributed by atoms with Gasteiger partial charge in [-0.15, -0.1) is 0 Å². The molecular weight excluding hydrogens is 454 g/mol. The summed E-state index contributed by atoms with van der Waals surface area (Å²) in [6.07, 6.45) is 2.18. The summed E-state index contributed by atoms with van der Waals surface area (Å²) in [5.41, 5.74) is 0.686. The van der Waals surface area contributed by atoms with Crippen LogP contribution in [0.3, 0.4) is 0 Å². The van der Waals surface area contributed by atoms with Crippen LogP contribution in [-0.4, -0.2) is 82.0 Å². The fourth-order valence-corrected chi connectivity index (χ4v) is 4.57. The molecule has 35 heavy (non-hydrogen) atoms. The highest BCUT2D eigenvalue weighted by Gasteiger charge is 2.41. The van der Waals surface area contributed by atoms with Gasteiger partial charge in [0, 0.05) is 64.7 Å². The lowest BCUT2D eigenvalue weighted by Gasteiger charge is -2.35. The van der Waals surface area contributed by atoms with Gasteiger partial charge in [0.15, 0.2) is 0 Å². The normalized spacial score (nSPS) is 19.0. The molecule has 2 atom stereocenters. The maximum atomic E-state index is 13.1. The molecule has 1 N–H and O–H groups in total. The number of likely N-dealkylation sites (tertiary alicyclic amines) is 1. The number of non-ortho nitro benzene ring substituents is 1. The molecule has 2 fully saturated rings. The molecular formula is C24H33N5O6. The molecule has 3 rings (SSSR count). The van der Waals surface area contributed by atoms with Crippen molar-refractivity contribution in [2.75, 3.05) is 32.7 Å². The minimum Gasteiger partial charge on any atom is -0.350 e. The maximum Gasteiger partial charge on any atom is 0.269 e. The SMILES string of the molecule is CCCC[C@@H](C(=O)NCc1ccc([N+](=O)[O-])cc1)N1CC(C(=O)N2CCN(C(C)=O)CC2)CC1=O. The van der Waals surface area contributed by atoms with E-state index in [1.54, 1.807) is 21.9 Å². The summed E-state index contributed by atoms with van der Waals surface area (Å²) >= 11 is 0. The van der Waals surface area contributed by atoms with Crippen molar-refractivity contribution in [3.8, 4) is 0 Å². The predicted octanol–water partition coefficient (Wildman–Crippen LogP) is 1.31. The number of carbonyl (C=O) groups is 4. The van der Waals surface area contributed by atoms with Crippen LogP contribution in [-0.2, 0) is 25.7 Å². The van der Waals surface area contributed by atoms with Crippen LogP contribution >= 0.6 is 0 Å². The molecule has 0 bridgehead atoms. The van der Waals surface area contributed by atoms with Crippen LogP contribution in [0.2, 0.25) is 0 Å². The van der Waals surface area contributed by atoms with Crippen LogP contribution in [0.1, 0.15) is 45.1 Å². The number of piperazine rings is 1. The van der Waals surface area contributed by atoms with Crippen molar-refractivity contribution in [2.24, 2.45) is 5.92 Å². The van der Waals surface area contributed by atoms with Crippen LogP contribution in [0.4, 0.5) is 5.69 Å². The van der Waals surface area contributed by atoms with Gasteiger partial charge in [0.05, 0.1) is 10.8 Å². The highest BCUT2D eigenvalue weighted by molar-refractivity contribution is 5.93. The van der Waals surface area contributed by atoms with Crippen molar-refractivity contribution in [2.45, 2.75) is 52.1 Å². The third-order valence-electron chi connectivity index (χ3n) is 6.67. The summed E-state index contributed by atoms with van der Waals surface area (Å²) in [7, 11) is 0. The molecule has 2 aliphatic heterocycles. The Morgan fingerprint density at radius 3 is 2.31 bits per heavy atom. The van der Waals surface area contributed by atoms with E-state index in [4.69, 9.17) is 0 Å². The van der Waals surface area contributed by atoms with Crippen LogP contribution in [0.15, 0.2) is 24.3 Å². The van der Waals surface area contributed by atoms with Crippen molar-refractivity contribution in [3.63, 3.8) is 0 Å². The Morgan fingerprint density at radius 1 is 1.11 bits per heavy atom. The zero-order valence-corrected chi connectivity index (χ0v) is 20.3. The standard InChI is InChI=1S/C24H33N5O6/c1-3-4-5-21(23(32)25-15-18-6-8-20(9-7-18)29(34)35)28-16-19(14-22(28)31)24(33)27-12-10-26(11-13-27)17(2)30/h6-9,19,21H,3-5,10-16H2,1-2H3,(H,25,32)/t19?,21-/m0/s1. The molecule has 0 aromatic heterocycles. The number of amides is 4. The molecule has 1 aromatic carbocycles. The van der Waals surface area contributed by atoms with Crippen LogP contribution in [0.5, 0.6) is 0 Å². The molecule has 0 spiro atoms. The van der Waals surface area contributed by atoms with Crippen molar-refractivity contribution in [1.82, 2.24) is 20.0 Å². The molecule has 11 heteroatoms. The number of rotatable bonds is 9. The van der Waals surface area contributed by atoms with Gasteiger partial charge in [0.25, 0.3) is 5.69 Å². The topological polar surface area (TPSA) is 133 Å². The van der Waals surface area contributed by atoms with Crippen LogP contribution in [0, 0.1) is 16.0 Å². The summed E-state index contributed by atoms with van der Waals surface area (Å²) in [6.45, 7) is 5.74. The number of carbonyl (C=O) groups excluding carboxylic acids is 4. The second-order valence-electron chi connectivity index (χ2n) is 9.08. The first-order valence-corrected chi connectivity index (χ1v) is 12.1. The first-order chi connectivity index (χ1) is 16.7. The third-order valence-corrected chi connectivity index (χ3v) is 6.67. The highest BCUT2D eigenvalue weighted by atomic mass is 16.6. The minimum absolute atomic E-state index is 0.0159. The summed E-state index contributed by atoms with van der Waals surface area (Å²) in [4.78, 5) is 65.8. The molecule has 1 unspecified atom stereocenters. The summed E-state index contributed by atoms with van der Waals surface area (Å²) in [5.74, 6) is -1.13. The average molecular weight is 488 g/mol. The molecule has 0 radical (unpaired) electrons. The third kappa shape index (κ3) is 6.55. The molecule has 2 heterocycles. The van der Waals surface area contributed by atoms with Gasteiger partial charge in [-0.1, -0.05) is 31.9 Å². The Morgan fingerprint density at radius 2 is 1.74 bits per heavy atom. The van der Waals surface area contributed by atoms with E-state index in [0.717, 1.165) is 12.8 Å². The van der Waals surface area contributed by atoms with E-state index < -0.39 is 16.9 Å². The molecule has 0 saturated carbocycles. The first kappa shape index (κ1) is 26.1. The lowest BCUT2D eigenvalue weighted by molar-refractivity contribution is -0.384. The fourth-order valence-electron chi connectivity index (χ4n) is 4.57. The van der Waals surface area contributed by atoms with E-state index in [1.807, 2.05) is 6.92 Å². The van der Waals surface area contributed by atoms with E-state index in [-0.39, 0.29) is 48.8 Å². The molecule has 2 aliphatic rings. The van der Waals surface area contributed by atoms with E-state index in [2.05, 4.69) is 5.32 Å². The summed E-state index contributed by atoms with van der Waals surface area (Å²) in [6, 6.07) is 5.26. The van der Waals surface area contributed by atoms with E-state index in [0.29, 0.717) is 38.2 Å². The number of nitro groups is 1. The smallest absolute Gasteiger partial charge is 0.269 e. The largest absolute Gasteiger partial charge is 0.350 e. The molecule has 4 amide bonds. The Bertz CT molecular complexity index is 958. The fraction of sp³-hybridized carbons (Fsp3) is 0.583.